The standard InChI is InChI=1S/C36H33N3O4/c40-35(38-39(31-17-9-3-10-18-31)32-19-11-4-12-20-32)34(37-36(41)43-27-30-15-7-2-8-16-30)25-28-21-23-33(24-22-28)42-26-29-13-5-1-6-14-29/h1-24,34H,25-27H2,(H,37,41)(H,38,40)/t34-/m0/s1. The van der Waals surface area contributed by atoms with Gasteiger partial charge in [-0.3, -0.25) is 15.2 Å². The molecule has 0 unspecified atom stereocenters. The highest BCUT2D eigenvalue weighted by molar-refractivity contribution is 5.88. The molecule has 2 amide bonds. The van der Waals surface area contributed by atoms with Crippen LogP contribution in [0.25, 0.3) is 0 Å². The summed E-state index contributed by atoms with van der Waals surface area (Å²) in [6, 6.07) is 44.9. The van der Waals surface area contributed by atoms with Crippen LogP contribution in [-0.4, -0.2) is 18.0 Å². The summed E-state index contributed by atoms with van der Waals surface area (Å²) in [5.74, 6) is 0.317. The number of amides is 2. The van der Waals surface area contributed by atoms with Gasteiger partial charge < -0.3 is 14.8 Å². The molecule has 0 aromatic heterocycles. The van der Waals surface area contributed by atoms with Gasteiger partial charge in [0.05, 0.1) is 11.4 Å². The van der Waals surface area contributed by atoms with E-state index in [2.05, 4.69) is 10.7 Å². The van der Waals surface area contributed by atoms with Gasteiger partial charge in [-0.2, -0.15) is 0 Å². The molecule has 0 aliphatic heterocycles. The van der Waals surface area contributed by atoms with E-state index in [9.17, 15) is 9.59 Å². The number of hydrogen-bond donors (Lipinski definition) is 2. The molecule has 0 heterocycles. The van der Waals surface area contributed by atoms with Gasteiger partial charge in [0.15, 0.2) is 0 Å². The third-order valence-electron chi connectivity index (χ3n) is 6.68. The lowest BCUT2D eigenvalue weighted by Crippen LogP contribution is -2.52. The molecular weight excluding hydrogens is 538 g/mol. The molecule has 5 aromatic carbocycles. The van der Waals surface area contributed by atoms with Crippen molar-refractivity contribution in [1.82, 2.24) is 10.7 Å². The van der Waals surface area contributed by atoms with Crippen molar-refractivity contribution < 1.29 is 19.1 Å². The van der Waals surface area contributed by atoms with Gasteiger partial charge in [-0.1, -0.05) is 109 Å². The maximum atomic E-state index is 13.8. The number of nitrogens with one attached hydrogen (secondary N) is 2. The highest BCUT2D eigenvalue weighted by Gasteiger charge is 2.25. The van der Waals surface area contributed by atoms with E-state index in [0.717, 1.165) is 28.1 Å². The Labute approximate surface area is 251 Å². The van der Waals surface area contributed by atoms with Gasteiger partial charge in [0.25, 0.3) is 5.91 Å². The third kappa shape index (κ3) is 8.71. The maximum absolute atomic E-state index is 13.8. The Hall–Kier alpha value is -5.56. The molecule has 5 rings (SSSR count). The smallest absolute Gasteiger partial charge is 0.408 e. The fourth-order valence-corrected chi connectivity index (χ4v) is 4.44. The van der Waals surface area contributed by atoms with E-state index in [1.165, 1.54) is 0 Å². The van der Waals surface area contributed by atoms with Crippen molar-refractivity contribution in [3.05, 3.63) is 162 Å². The minimum Gasteiger partial charge on any atom is -0.489 e. The molecule has 2 N–H and O–H groups in total. The Morgan fingerprint density at radius 3 is 1.60 bits per heavy atom. The Morgan fingerprint density at radius 2 is 1.07 bits per heavy atom. The molecule has 0 saturated heterocycles. The number of hydrogen-bond acceptors (Lipinski definition) is 5. The highest BCUT2D eigenvalue weighted by Crippen LogP contribution is 2.23. The summed E-state index contributed by atoms with van der Waals surface area (Å²) in [5.41, 5.74) is 7.31. The molecule has 0 radical (unpaired) electrons. The number of anilines is 2. The number of ether oxygens (including phenoxy) is 2. The molecule has 0 aliphatic carbocycles. The van der Waals surface area contributed by atoms with Crippen molar-refractivity contribution in [2.75, 3.05) is 5.01 Å². The van der Waals surface area contributed by atoms with E-state index in [4.69, 9.17) is 9.47 Å². The fraction of sp³-hybridized carbons (Fsp3) is 0.111. The molecule has 5 aromatic rings. The van der Waals surface area contributed by atoms with E-state index >= 15 is 0 Å². The van der Waals surface area contributed by atoms with Gasteiger partial charge in [0.1, 0.15) is 25.0 Å². The van der Waals surface area contributed by atoms with Crippen molar-refractivity contribution in [1.29, 1.82) is 0 Å². The van der Waals surface area contributed by atoms with Crippen molar-refractivity contribution in [2.45, 2.75) is 25.7 Å². The first-order valence-corrected chi connectivity index (χ1v) is 14.1. The lowest BCUT2D eigenvalue weighted by Gasteiger charge is -2.28. The zero-order chi connectivity index (χ0) is 29.7. The second kappa shape index (κ2) is 14.9. The minimum absolute atomic E-state index is 0.0919. The molecule has 0 bridgehead atoms. The van der Waals surface area contributed by atoms with Gasteiger partial charge >= 0.3 is 6.09 Å². The van der Waals surface area contributed by atoms with E-state index in [1.807, 2.05) is 146 Å². The first-order valence-electron chi connectivity index (χ1n) is 14.1. The van der Waals surface area contributed by atoms with Crippen LogP contribution >= 0.6 is 0 Å². The molecule has 1 atom stereocenters. The summed E-state index contributed by atoms with van der Waals surface area (Å²) in [6.07, 6.45) is -0.444. The lowest BCUT2D eigenvalue weighted by atomic mass is 10.1. The molecule has 0 saturated carbocycles. The summed E-state index contributed by atoms with van der Waals surface area (Å²) >= 11 is 0. The normalized spacial score (nSPS) is 11.2. The zero-order valence-corrected chi connectivity index (χ0v) is 23.6. The third-order valence-corrected chi connectivity index (χ3v) is 6.68. The minimum atomic E-state index is -0.922. The van der Waals surface area contributed by atoms with E-state index in [-0.39, 0.29) is 13.0 Å². The number of carbonyl (C=O) groups is 2. The first-order chi connectivity index (χ1) is 21.1. The number of carbonyl (C=O) groups excluding carboxylic acids is 2. The molecular formula is C36H33N3O4. The molecule has 0 aliphatic rings. The largest absolute Gasteiger partial charge is 0.489 e. The molecule has 0 fully saturated rings. The molecule has 0 spiro atoms. The summed E-state index contributed by atoms with van der Waals surface area (Å²) in [5, 5.41) is 4.48. The van der Waals surface area contributed by atoms with Gasteiger partial charge in [-0.15, -0.1) is 0 Å². The first kappa shape index (κ1) is 29.0. The summed E-state index contributed by atoms with van der Waals surface area (Å²) < 4.78 is 11.4. The zero-order valence-electron chi connectivity index (χ0n) is 23.6. The van der Waals surface area contributed by atoms with Crippen LogP contribution in [0.2, 0.25) is 0 Å². The van der Waals surface area contributed by atoms with Crippen molar-refractivity contribution >= 4 is 23.4 Å². The average Bonchev–Trinajstić information content (AvgIpc) is 3.07. The monoisotopic (exact) mass is 571 g/mol. The topological polar surface area (TPSA) is 79.9 Å². The van der Waals surface area contributed by atoms with E-state index in [1.54, 1.807) is 5.01 Å². The van der Waals surface area contributed by atoms with Crippen LogP contribution in [0.15, 0.2) is 146 Å². The quantitative estimate of drug-likeness (QED) is 0.158. The van der Waals surface area contributed by atoms with Gasteiger partial charge in [0, 0.05) is 6.42 Å². The van der Waals surface area contributed by atoms with Crippen LogP contribution in [-0.2, 0) is 29.2 Å². The van der Waals surface area contributed by atoms with Gasteiger partial charge in [-0.25, -0.2) is 4.79 Å². The Morgan fingerprint density at radius 1 is 0.581 bits per heavy atom. The number of hydrazine groups is 1. The van der Waals surface area contributed by atoms with Crippen LogP contribution in [0.1, 0.15) is 16.7 Å². The van der Waals surface area contributed by atoms with Crippen LogP contribution in [0.5, 0.6) is 5.75 Å². The van der Waals surface area contributed by atoms with Crippen molar-refractivity contribution in [2.24, 2.45) is 0 Å². The van der Waals surface area contributed by atoms with Crippen molar-refractivity contribution in [3.63, 3.8) is 0 Å². The Bertz CT molecular complexity index is 1530. The molecule has 7 nitrogen and oxygen atoms in total. The SMILES string of the molecule is O=C(N[C@@H](Cc1ccc(OCc2ccccc2)cc1)C(=O)NN(c1ccccc1)c1ccccc1)OCc1ccccc1. The van der Waals surface area contributed by atoms with Crippen LogP contribution < -0.4 is 20.5 Å². The maximum Gasteiger partial charge on any atom is 0.408 e. The summed E-state index contributed by atoms with van der Waals surface area (Å²) in [4.78, 5) is 26.7. The second-order valence-electron chi connectivity index (χ2n) is 9.86. The van der Waals surface area contributed by atoms with Crippen LogP contribution in [0.4, 0.5) is 16.2 Å². The van der Waals surface area contributed by atoms with Gasteiger partial charge in [-0.05, 0) is 53.1 Å². The number of alkyl carbamates (subject to hydrolysis) is 1. The predicted molar refractivity (Wildman–Crippen MR) is 168 cm³/mol. The molecule has 43 heavy (non-hydrogen) atoms. The Balaban J connectivity index is 1.31. The lowest BCUT2D eigenvalue weighted by molar-refractivity contribution is -0.123. The second-order valence-corrected chi connectivity index (χ2v) is 9.86. The molecule has 7 heteroatoms. The van der Waals surface area contributed by atoms with E-state index < -0.39 is 18.0 Å². The van der Waals surface area contributed by atoms with Crippen LogP contribution in [0, 0.1) is 0 Å². The van der Waals surface area contributed by atoms with E-state index in [0.29, 0.717) is 12.4 Å². The van der Waals surface area contributed by atoms with Crippen LogP contribution in [0.3, 0.4) is 0 Å². The summed E-state index contributed by atoms with van der Waals surface area (Å²) in [7, 11) is 0. The number of benzene rings is 5. The highest BCUT2D eigenvalue weighted by atomic mass is 16.5. The van der Waals surface area contributed by atoms with Gasteiger partial charge in [0.2, 0.25) is 0 Å². The summed E-state index contributed by atoms with van der Waals surface area (Å²) in [6.45, 7) is 0.545. The predicted octanol–water partition coefficient (Wildman–Crippen LogP) is 6.97. The van der Waals surface area contributed by atoms with Crippen molar-refractivity contribution in [3.8, 4) is 5.75 Å². The Kier molecular flexibility index (Phi) is 10.0. The number of nitrogens with zero attached hydrogens (tertiary/aromatic N) is 1. The fourth-order valence-electron chi connectivity index (χ4n) is 4.44. The molecule has 216 valence electrons. The average molecular weight is 572 g/mol. The number of rotatable bonds is 12. The number of para-hydroxylation sites is 2.